The molecule has 0 spiro atoms. The molecule has 0 aromatic carbocycles. The second-order valence-electron chi connectivity index (χ2n) is 5.28. The van der Waals surface area contributed by atoms with E-state index in [4.69, 9.17) is 4.74 Å². The highest BCUT2D eigenvalue weighted by Gasteiger charge is 2.38. The van der Waals surface area contributed by atoms with E-state index in [1.807, 2.05) is 0 Å². The van der Waals surface area contributed by atoms with Gasteiger partial charge in [0.05, 0.1) is 7.11 Å². The largest absolute Gasteiger partial charge is 0.481 e. The van der Waals surface area contributed by atoms with Crippen molar-refractivity contribution in [2.45, 2.75) is 44.3 Å². The molecular formula is C13H20N4O. The van der Waals surface area contributed by atoms with E-state index in [1.54, 1.807) is 19.4 Å². The molecule has 1 N–H and O–H groups in total. The number of aromatic nitrogens is 2. The molecule has 18 heavy (non-hydrogen) atoms. The van der Waals surface area contributed by atoms with Crippen molar-refractivity contribution in [3.8, 4) is 5.88 Å². The molecule has 1 saturated carbocycles. The zero-order chi connectivity index (χ0) is 12.5. The summed E-state index contributed by atoms with van der Waals surface area (Å²) in [6, 6.07) is 3.71. The van der Waals surface area contributed by atoms with E-state index in [2.05, 4.69) is 27.1 Å². The predicted octanol–water partition coefficient (Wildman–Crippen LogP) is 1.52. The van der Waals surface area contributed by atoms with Crippen LogP contribution in [0.4, 0.5) is 5.95 Å². The molecule has 1 aliphatic heterocycles. The van der Waals surface area contributed by atoms with E-state index in [1.165, 1.54) is 12.8 Å². The van der Waals surface area contributed by atoms with E-state index in [0.29, 0.717) is 23.9 Å². The first-order valence-corrected chi connectivity index (χ1v) is 6.65. The fraction of sp³-hybridized carbons (Fsp3) is 0.692. The van der Waals surface area contributed by atoms with Crippen molar-refractivity contribution in [2.75, 3.05) is 19.0 Å². The van der Waals surface area contributed by atoms with Gasteiger partial charge in [-0.25, -0.2) is 4.98 Å². The van der Waals surface area contributed by atoms with Crippen LogP contribution >= 0.6 is 0 Å². The number of anilines is 1. The van der Waals surface area contributed by atoms with Crippen LogP contribution in [0.25, 0.3) is 0 Å². The molecule has 1 saturated heterocycles. The van der Waals surface area contributed by atoms with Crippen LogP contribution in [-0.4, -0.2) is 46.6 Å². The Labute approximate surface area is 108 Å². The van der Waals surface area contributed by atoms with Crippen LogP contribution in [0.15, 0.2) is 12.3 Å². The maximum Gasteiger partial charge on any atom is 0.226 e. The fourth-order valence-corrected chi connectivity index (χ4v) is 2.78. The van der Waals surface area contributed by atoms with Crippen molar-refractivity contribution < 1.29 is 4.74 Å². The topological polar surface area (TPSA) is 50.3 Å². The van der Waals surface area contributed by atoms with Crippen molar-refractivity contribution in [3.05, 3.63) is 12.3 Å². The van der Waals surface area contributed by atoms with E-state index in [9.17, 15) is 0 Å². The molecular weight excluding hydrogens is 228 g/mol. The highest BCUT2D eigenvalue weighted by atomic mass is 16.5. The van der Waals surface area contributed by atoms with Gasteiger partial charge in [-0.3, -0.25) is 4.90 Å². The van der Waals surface area contributed by atoms with Crippen LogP contribution in [0.5, 0.6) is 5.88 Å². The van der Waals surface area contributed by atoms with Crippen LogP contribution in [0, 0.1) is 0 Å². The van der Waals surface area contributed by atoms with Crippen molar-refractivity contribution >= 4 is 5.95 Å². The molecule has 98 valence electrons. The Morgan fingerprint density at radius 1 is 1.44 bits per heavy atom. The number of nitrogens with zero attached hydrogens (tertiary/aromatic N) is 3. The predicted molar refractivity (Wildman–Crippen MR) is 69.8 cm³/mol. The van der Waals surface area contributed by atoms with Gasteiger partial charge in [0, 0.05) is 36.9 Å². The summed E-state index contributed by atoms with van der Waals surface area (Å²) in [6.07, 6.45) is 5.63. The first-order valence-electron chi connectivity index (χ1n) is 6.65. The molecule has 1 aliphatic carbocycles. The lowest BCUT2D eigenvalue weighted by atomic mass is 10.2. The molecule has 5 nitrogen and oxygen atoms in total. The summed E-state index contributed by atoms with van der Waals surface area (Å²) >= 11 is 0. The molecule has 2 fully saturated rings. The zero-order valence-corrected chi connectivity index (χ0v) is 11.0. The Kier molecular flexibility index (Phi) is 3.07. The highest BCUT2D eigenvalue weighted by molar-refractivity contribution is 5.29. The fourth-order valence-electron chi connectivity index (χ4n) is 2.78. The standard InChI is InChI=1S/C13H20N4O/c1-9-7-10(8-17(9)11-3-4-11)15-13-14-6-5-12(16-13)18-2/h5-6,9-11H,3-4,7-8H2,1-2H3,(H,14,15,16). The van der Waals surface area contributed by atoms with Gasteiger partial charge in [-0.2, -0.15) is 4.98 Å². The Bertz CT molecular complexity index is 421. The number of hydrogen-bond donors (Lipinski definition) is 1. The van der Waals surface area contributed by atoms with Crippen molar-refractivity contribution in [3.63, 3.8) is 0 Å². The Hall–Kier alpha value is -1.36. The van der Waals surface area contributed by atoms with Gasteiger partial charge in [0.15, 0.2) is 0 Å². The smallest absolute Gasteiger partial charge is 0.226 e. The summed E-state index contributed by atoms with van der Waals surface area (Å²) in [4.78, 5) is 11.2. The minimum Gasteiger partial charge on any atom is -0.481 e. The average Bonchev–Trinajstić information content (AvgIpc) is 3.15. The average molecular weight is 248 g/mol. The van der Waals surface area contributed by atoms with Gasteiger partial charge in [0.2, 0.25) is 11.8 Å². The number of ether oxygens (including phenoxy) is 1. The Morgan fingerprint density at radius 3 is 3.00 bits per heavy atom. The second-order valence-corrected chi connectivity index (χ2v) is 5.28. The van der Waals surface area contributed by atoms with E-state index in [0.717, 1.165) is 19.0 Å². The molecule has 2 atom stereocenters. The molecule has 2 heterocycles. The third-order valence-corrected chi connectivity index (χ3v) is 3.81. The monoisotopic (exact) mass is 248 g/mol. The van der Waals surface area contributed by atoms with Gasteiger partial charge in [-0.15, -0.1) is 0 Å². The molecule has 0 amide bonds. The van der Waals surface area contributed by atoms with Gasteiger partial charge in [0.1, 0.15) is 0 Å². The molecule has 1 aromatic rings. The molecule has 0 bridgehead atoms. The molecule has 2 unspecified atom stereocenters. The number of hydrogen-bond acceptors (Lipinski definition) is 5. The van der Waals surface area contributed by atoms with Crippen LogP contribution in [0.3, 0.4) is 0 Å². The van der Waals surface area contributed by atoms with Crippen LogP contribution in [-0.2, 0) is 0 Å². The van der Waals surface area contributed by atoms with Gasteiger partial charge in [-0.05, 0) is 26.2 Å². The lowest BCUT2D eigenvalue weighted by Gasteiger charge is -2.19. The number of nitrogens with one attached hydrogen (secondary N) is 1. The lowest BCUT2D eigenvalue weighted by molar-refractivity contribution is 0.257. The van der Waals surface area contributed by atoms with Gasteiger partial charge in [-0.1, -0.05) is 0 Å². The quantitative estimate of drug-likeness (QED) is 0.875. The highest BCUT2D eigenvalue weighted by Crippen LogP contribution is 2.33. The number of rotatable bonds is 4. The first kappa shape index (κ1) is 11.7. The maximum atomic E-state index is 5.11. The molecule has 2 aliphatic rings. The normalized spacial score (nSPS) is 28.3. The minimum absolute atomic E-state index is 0.452. The van der Waals surface area contributed by atoms with Crippen LogP contribution < -0.4 is 10.1 Å². The van der Waals surface area contributed by atoms with Crippen molar-refractivity contribution in [2.24, 2.45) is 0 Å². The third-order valence-electron chi connectivity index (χ3n) is 3.81. The minimum atomic E-state index is 0.452. The second kappa shape index (κ2) is 4.72. The zero-order valence-electron chi connectivity index (χ0n) is 11.0. The molecule has 0 radical (unpaired) electrons. The Morgan fingerprint density at radius 2 is 2.28 bits per heavy atom. The molecule has 5 heteroatoms. The van der Waals surface area contributed by atoms with E-state index >= 15 is 0 Å². The summed E-state index contributed by atoms with van der Waals surface area (Å²) in [5.74, 6) is 1.28. The summed E-state index contributed by atoms with van der Waals surface area (Å²) in [5.41, 5.74) is 0. The lowest BCUT2D eigenvalue weighted by Crippen LogP contribution is -2.31. The third kappa shape index (κ3) is 2.41. The maximum absolute atomic E-state index is 5.11. The SMILES string of the molecule is COc1ccnc(NC2CC(C)N(C3CC3)C2)n1. The summed E-state index contributed by atoms with van der Waals surface area (Å²) in [7, 11) is 1.62. The van der Waals surface area contributed by atoms with Gasteiger partial charge >= 0.3 is 0 Å². The van der Waals surface area contributed by atoms with Gasteiger partial charge < -0.3 is 10.1 Å². The van der Waals surface area contributed by atoms with Gasteiger partial charge in [0.25, 0.3) is 0 Å². The summed E-state index contributed by atoms with van der Waals surface area (Å²) < 4.78 is 5.11. The number of likely N-dealkylation sites (tertiary alicyclic amines) is 1. The van der Waals surface area contributed by atoms with Crippen molar-refractivity contribution in [1.29, 1.82) is 0 Å². The van der Waals surface area contributed by atoms with E-state index < -0.39 is 0 Å². The first-order chi connectivity index (χ1) is 8.76. The Balaban J connectivity index is 1.62. The molecule has 1 aromatic heterocycles. The van der Waals surface area contributed by atoms with Crippen molar-refractivity contribution in [1.82, 2.24) is 14.9 Å². The van der Waals surface area contributed by atoms with Crippen LogP contribution in [0.2, 0.25) is 0 Å². The number of methoxy groups -OCH3 is 1. The van der Waals surface area contributed by atoms with E-state index in [-0.39, 0.29) is 0 Å². The summed E-state index contributed by atoms with van der Waals surface area (Å²) in [6.45, 7) is 3.42. The molecule has 3 rings (SSSR count). The summed E-state index contributed by atoms with van der Waals surface area (Å²) in [5, 5.41) is 3.41. The van der Waals surface area contributed by atoms with Crippen LogP contribution in [0.1, 0.15) is 26.2 Å².